The summed E-state index contributed by atoms with van der Waals surface area (Å²) in [6.07, 6.45) is 1.30. The van der Waals surface area contributed by atoms with Gasteiger partial charge in [-0.25, -0.2) is 18.7 Å². The highest BCUT2D eigenvalue weighted by Gasteiger charge is 2.14. The molecule has 11 heteroatoms. The summed E-state index contributed by atoms with van der Waals surface area (Å²) in [6, 6.07) is 4.20. The number of fused-ring (bicyclic) bond motifs is 1. The molecule has 0 saturated carbocycles. The number of nitrogens with zero attached hydrogens (tertiary/aromatic N) is 3. The summed E-state index contributed by atoms with van der Waals surface area (Å²) in [7, 11) is 1.91. The van der Waals surface area contributed by atoms with Crippen LogP contribution >= 0.6 is 35.5 Å². The molecule has 3 aromatic rings. The zero-order valence-electron chi connectivity index (χ0n) is 14.5. The van der Waals surface area contributed by atoms with E-state index in [1.54, 1.807) is 6.07 Å². The van der Waals surface area contributed by atoms with Gasteiger partial charge in [-0.2, -0.15) is 0 Å². The van der Waals surface area contributed by atoms with E-state index in [9.17, 15) is 13.6 Å². The Bertz CT molecular complexity index is 967. The lowest BCUT2D eigenvalue weighted by Gasteiger charge is -2.25. The van der Waals surface area contributed by atoms with Crippen molar-refractivity contribution in [3.8, 4) is 0 Å². The Morgan fingerprint density at radius 1 is 1.37 bits per heavy atom. The zero-order valence-corrected chi connectivity index (χ0v) is 17.0. The van der Waals surface area contributed by atoms with Crippen molar-refractivity contribution in [2.24, 2.45) is 0 Å². The first-order valence-corrected chi connectivity index (χ1v) is 9.74. The predicted molar refractivity (Wildman–Crippen MR) is 109 cm³/mol. The summed E-state index contributed by atoms with van der Waals surface area (Å²) in [6.45, 7) is 1.95. The number of nitrogens with one attached hydrogen (secondary N) is 2. The molecule has 1 atom stereocenters. The molecule has 27 heavy (non-hydrogen) atoms. The van der Waals surface area contributed by atoms with E-state index in [0.29, 0.717) is 33.4 Å². The van der Waals surface area contributed by atoms with Gasteiger partial charge in [0.2, 0.25) is 0 Å². The molecule has 146 valence electrons. The third-order valence-corrected chi connectivity index (χ3v) is 5.79. The van der Waals surface area contributed by atoms with Gasteiger partial charge in [-0.05, 0) is 20.0 Å². The summed E-state index contributed by atoms with van der Waals surface area (Å²) < 4.78 is 27.6. The van der Waals surface area contributed by atoms with E-state index in [1.807, 2.05) is 18.9 Å². The fourth-order valence-electron chi connectivity index (χ4n) is 2.26. The number of rotatable bonds is 7. The molecule has 1 unspecified atom stereocenters. The second-order valence-electron chi connectivity index (χ2n) is 5.68. The molecule has 0 fully saturated rings. The van der Waals surface area contributed by atoms with Gasteiger partial charge in [0, 0.05) is 17.2 Å². The topological polar surface area (TPSA) is 73.9 Å². The molecule has 0 aliphatic carbocycles. The van der Waals surface area contributed by atoms with Gasteiger partial charge in [0.05, 0.1) is 6.17 Å². The van der Waals surface area contributed by atoms with Crippen molar-refractivity contribution < 1.29 is 8.78 Å². The number of hydrogen-bond donors (Lipinski definition) is 2. The Hall–Kier alpha value is -1.75. The van der Waals surface area contributed by atoms with Crippen LogP contribution in [-0.2, 0) is 5.75 Å². The third-order valence-electron chi connectivity index (χ3n) is 3.81. The van der Waals surface area contributed by atoms with Crippen LogP contribution in [-0.4, -0.2) is 38.9 Å². The minimum Gasteiger partial charge on any atom is -0.353 e. The molecule has 2 heterocycles. The number of benzene rings is 1. The van der Waals surface area contributed by atoms with E-state index in [1.165, 1.54) is 24.2 Å². The van der Waals surface area contributed by atoms with E-state index < -0.39 is 11.6 Å². The number of thioether (sulfide) groups is 1. The van der Waals surface area contributed by atoms with Crippen LogP contribution in [0.2, 0.25) is 0 Å². The maximum atomic E-state index is 13.7. The minimum atomic E-state index is -0.829. The van der Waals surface area contributed by atoms with E-state index in [4.69, 9.17) is 0 Å². The van der Waals surface area contributed by atoms with Crippen molar-refractivity contribution in [3.63, 3.8) is 0 Å². The van der Waals surface area contributed by atoms with Crippen molar-refractivity contribution in [2.45, 2.75) is 18.8 Å². The highest BCUT2D eigenvalue weighted by atomic mass is 35.5. The summed E-state index contributed by atoms with van der Waals surface area (Å²) >= 11 is 2.53. The average molecular weight is 434 g/mol. The monoisotopic (exact) mass is 433 g/mol. The normalized spacial score (nSPS) is 12.2. The molecule has 0 bridgehead atoms. The number of aromatic amines is 1. The minimum absolute atomic E-state index is 0. The highest BCUT2D eigenvalue weighted by Crippen LogP contribution is 2.22. The Balaban J connectivity index is 0.00000261. The van der Waals surface area contributed by atoms with Gasteiger partial charge in [-0.15, -0.1) is 24.2 Å². The largest absolute Gasteiger partial charge is 0.353 e. The molecule has 1 aromatic carbocycles. The Morgan fingerprint density at radius 3 is 2.93 bits per heavy atom. The maximum Gasteiger partial charge on any atom is 0.306 e. The lowest BCUT2D eigenvalue weighted by Crippen LogP contribution is -2.35. The molecule has 0 radical (unpaired) electrons. The molecule has 0 spiro atoms. The lowest BCUT2D eigenvalue weighted by atomic mass is 10.2. The number of hydrogen-bond acceptors (Lipinski definition) is 7. The molecule has 0 amide bonds. The van der Waals surface area contributed by atoms with Crippen LogP contribution in [0, 0.1) is 11.6 Å². The summed E-state index contributed by atoms with van der Waals surface area (Å²) in [5, 5.41) is 3.25. The predicted octanol–water partition coefficient (Wildman–Crippen LogP) is 3.66. The zero-order chi connectivity index (χ0) is 18.7. The number of H-pyrrole nitrogens is 1. The molecular weight excluding hydrogens is 416 g/mol. The van der Waals surface area contributed by atoms with Crippen molar-refractivity contribution in [3.05, 3.63) is 51.4 Å². The van der Waals surface area contributed by atoms with Crippen molar-refractivity contribution in [1.29, 1.82) is 0 Å². The van der Waals surface area contributed by atoms with Crippen LogP contribution in [0.15, 0.2) is 29.3 Å². The van der Waals surface area contributed by atoms with Crippen molar-refractivity contribution in [2.75, 3.05) is 18.2 Å². The van der Waals surface area contributed by atoms with E-state index in [2.05, 4.69) is 20.3 Å². The first-order chi connectivity index (χ1) is 12.5. The molecular formula is C16H18ClF2N5OS2. The lowest BCUT2D eigenvalue weighted by molar-refractivity contribution is 0.329. The van der Waals surface area contributed by atoms with E-state index >= 15 is 0 Å². The fourth-order valence-corrected chi connectivity index (χ4v) is 4.04. The van der Waals surface area contributed by atoms with Gasteiger partial charge in [0.1, 0.15) is 16.8 Å². The molecule has 0 aliphatic rings. The van der Waals surface area contributed by atoms with Gasteiger partial charge in [-0.3, -0.25) is 14.7 Å². The molecule has 2 aromatic heterocycles. The fraction of sp³-hybridized carbons (Fsp3) is 0.312. The molecule has 0 saturated heterocycles. The first kappa shape index (κ1) is 21.5. The van der Waals surface area contributed by atoms with Crippen LogP contribution in [0.3, 0.4) is 0 Å². The highest BCUT2D eigenvalue weighted by molar-refractivity contribution is 7.98. The Kier molecular flexibility index (Phi) is 7.54. The first-order valence-electron chi connectivity index (χ1n) is 7.77. The number of thiazole rings is 1. The third kappa shape index (κ3) is 5.16. The number of anilines is 1. The van der Waals surface area contributed by atoms with Crippen molar-refractivity contribution >= 4 is 51.7 Å². The van der Waals surface area contributed by atoms with Crippen LogP contribution in [0.4, 0.5) is 14.6 Å². The van der Waals surface area contributed by atoms with Crippen LogP contribution < -0.4 is 10.2 Å². The molecule has 0 aliphatic heterocycles. The summed E-state index contributed by atoms with van der Waals surface area (Å²) in [5.74, 6) is -0.0669. The molecule has 3 rings (SSSR count). The second-order valence-corrected chi connectivity index (χ2v) is 7.62. The van der Waals surface area contributed by atoms with Gasteiger partial charge in [0.15, 0.2) is 17.3 Å². The van der Waals surface area contributed by atoms with Crippen LogP contribution in [0.25, 0.3) is 10.3 Å². The van der Waals surface area contributed by atoms with Crippen molar-refractivity contribution in [1.82, 2.24) is 19.9 Å². The maximum absolute atomic E-state index is 13.7. The Morgan fingerprint density at radius 2 is 2.15 bits per heavy atom. The second kappa shape index (κ2) is 9.45. The number of halogens is 3. The van der Waals surface area contributed by atoms with E-state index in [0.717, 1.165) is 17.4 Å². The van der Waals surface area contributed by atoms with Gasteiger partial charge in [-0.1, -0.05) is 23.5 Å². The quantitative estimate of drug-likeness (QED) is 0.554. The van der Waals surface area contributed by atoms with Crippen LogP contribution in [0.5, 0.6) is 0 Å². The number of aromatic nitrogens is 3. The molecule has 6 nitrogen and oxygen atoms in total. The summed E-state index contributed by atoms with van der Waals surface area (Å²) in [5.41, 5.74) is 0.849. The van der Waals surface area contributed by atoms with E-state index in [-0.39, 0.29) is 23.4 Å². The standard InChI is InChI=1S/C16H17F2N5OS2.ClH/c1-9(21-14-13-15(20-7-19-14)22-16(24)26-13)23(2)8-25-6-10-4-3-5-11(17)12(10)18;/h3-5,7,9H,6,8H2,1-2H3,(H2,19,20,21,22,24);1H. The molecule has 2 N–H and O–H groups in total. The van der Waals surface area contributed by atoms with Gasteiger partial charge < -0.3 is 5.32 Å². The smallest absolute Gasteiger partial charge is 0.306 e. The van der Waals surface area contributed by atoms with Gasteiger partial charge >= 0.3 is 4.87 Å². The van der Waals surface area contributed by atoms with Gasteiger partial charge in [0.25, 0.3) is 0 Å². The average Bonchev–Trinajstić information content (AvgIpc) is 2.99. The summed E-state index contributed by atoms with van der Waals surface area (Å²) in [4.78, 5) is 24.2. The Labute approximate surface area is 168 Å². The van der Waals surface area contributed by atoms with Crippen LogP contribution in [0.1, 0.15) is 12.5 Å². The SMILES string of the molecule is CC(Nc1ncnc2[nH]c(=O)sc12)N(C)CSCc1cccc(F)c1F.Cl.